The zero-order chi connectivity index (χ0) is 23.9. The van der Waals surface area contributed by atoms with E-state index in [0.717, 1.165) is 19.3 Å². The Bertz CT molecular complexity index is 731. The van der Waals surface area contributed by atoms with Crippen LogP contribution in [0, 0.1) is 23.2 Å². The van der Waals surface area contributed by atoms with Gasteiger partial charge in [0.1, 0.15) is 6.61 Å². The predicted octanol–water partition coefficient (Wildman–Crippen LogP) is 4.75. The number of alkyl halides is 6. The molecule has 4 rings (SSSR count). The SMILES string of the molecule is C=C(C)C(=O)OCC12CC3CC(C1)CC(OCCOC(=O)C(C(F)(F)F)C(F)(F)F)(C3)C2. The third-order valence-electron chi connectivity index (χ3n) is 6.61. The fourth-order valence-corrected chi connectivity index (χ4v) is 5.98. The number of rotatable bonds is 8. The van der Waals surface area contributed by atoms with Gasteiger partial charge in [-0.25, -0.2) is 4.79 Å². The van der Waals surface area contributed by atoms with Crippen LogP contribution in [-0.4, -0.2) is 49.7 Å². The van der Waals surface area contributed by atoms with Crippen LogP contribution < -0.4 is 0 Å². The van der Waals surface area contributed by atoms with Gasteiger partial charge in [-0.2, -0.15) is 26.3 Å². The Hall–Kier alpha value is -1.78. The summed E-state index contributed by atoms with van der Waals surface area (Å²) < 4.78 is 91.3. The van der Waals surface area contributed by atoms with Gasteiger partial charge in [0.15, 0.2) is 0 Å². The Balaban J connectivity index is 1.57. The molecule has 0 aromatic carbocycles. The molecule has 0 aliphatic heterocycles. The highest BCUT2D eigenvalue weighted by Crippen LogP contribution is 2.62. The largest absolute Gasteiger partial charge is 0.463 e. The summed E-state index contributed by atoms with van der Waals surface area (Å²) in [5.74, 6) is -6.38. The monoisotopic (exact) mass is 472 g/mol. The van der Waals surface area contributed by atoms with Crippen molar-refractivity contribution in [3.05, 3.63) is 12.2 Å². The van der Waals surface area contributed by atoms with Crippen molar-refractivity contribution in [1.29, 1.82) is 0 Å². The van der Waals surface area contributed by atoms with Crippen LogP contribution in [0.5, 0.6) is 0 Å². The zero-order valence-corrected chi connectivity index (χ0v) is 17.6. The minimum Gasteiger partial charge on any atom is -0.463 e. The fourth-order valence-electron chi connectivity index (χ4n) is 5.98. The summed E-state index contributed by atoms with van der Waals surface area (Å²) in [5.41, 5.74) is -0.596. The summed E-state index contributed by atoms with van der Waals surface area (Å²) in [6.45, 7) is 4.30. The van der Waals surface area contributed by atoms with Gasteiger partial charge in [0.2, 0.25) is 5.92 Å². The van der Waals surface area contributed by atoms with Crippen LogP contribution in [0.1, 0.15) is 45.4 Å². The number of halogens is 6. The van der Waals surface area contributed by atoms with E-state index in [0.29, 0.717) is 36.7 Å². The van der Waals surface area contributed by atoms with Gasteiger partial charge in [0.05, 0.1) is 18.8 Å². The maximum atomic E-state index is 12.6. The van der Waals surface area contributed by atoms with E-state index in [1.54, 1.807) is 6.92 Å². The van der Waals surface area contributed by atoms with Crippen molar-refractivity contribution >= 4 is 11.9 Å². The molecule has 0 aromatic rings. The lowest BCUT2D eigenvalue weighted by atomic mass is 9.48. The van der Waals surface area contributed by atoms with Crippen LogP contribution >= 0.6 is 0 Å². The first kappa shape index (κ1) is 24.9. The number of carbonyl (C=O) groups excluding carboxylic acids is 2. The zero-order valence-electron chi connectivity index (χ0n) is 17.6. The second-order valence-electron chi connectivity index (χ2n) is 9.53. The molecule has 0 amide bonds. The fraction of sp³-hybridized carbons (Fsp3) is 0.810. The average Bonchev–Trinajstić information content (AvgIpc) is 2.59. The van der Waals surface area contributed by atoms with E-state index in [-0.39, 0.29) is 18.6 Å². The van der Waals surface area contributed by atoms with Gasteiger partial charge in [0.25, 0.3) is 0 Å². The minimum atomic E-state index is -5.79. The molecule has 182 valence electrons. The van der Waals surface area contributed by atoms with E-state index in [1.165, 1.54) is 0 Å². The van der Waals surface area contributed by atoms with E-state index in [1.807, 2.05) is 0 Å². The molecule has 5 nitrogen and oxygen atoms in total. The van der Waals surface area contributed by atoms with Crippen LogP contribution in [0.3, 0.4) is 0 Å². The molecule has 2 atom stereocenters. The maximum absolute atomic E-state index is 12.6. The molecule has 4 saturated carbocycles. The van der Waals surface area contributed by atoms with Crippen LogP contribution in [0.15, 0.2) is 12.2 Å². The van der Waals surface area contributed by atoms with Gasteiger partial charge in [-0.05, 0) is 57.3 Å². The smallest absolute Gasteiger partial charge is 0.411 e. The van der Waals surface area contributed by atoms with Crippen LogP contribution in [-0.2, 0) is 23.8 Å². The molecule has 0 N–H and O–H groups in total. The van der Waals surface area contributed by atoms with Gasteiger partial charge in [-0.3, -0.25) is 4.79 Å². The molecule has 0 heterocycles. The first-order valence-corrected chi connectivity index (χ1v) is 10.4. The molecular formula is C21H26F6O5. The molecule has 0 aromatic heterocycles. The Labute approximate surface area is 181 Å². The third kappa shape index (κ3) is 5.40. The van der Waals surface area contributed by atoms with Gasteiger partial charge in [-0.1, -0.05) is 6.58 Å². The summed E-state index contributed by atoms with van der Waals surface area (Å²) >= 11 is 0. The van der Waals surface area contributed by atoms with E-state index < -0.39 is 42.4 Å². The number of esters is 2. The Morgan fingerprint density at radius 1 is 0.969 bits per heavy atom. The molecule has 4 bridgehead atoms. The first-order chi connectivity index (χ1) is 14.6. The predicted molar refractivity (Wildman–Crippen MR) is 98.1 cm³/mol. The van der Waals surface area contributed by atoms with Crippen molar-refractivity contribution in [2.45, 2.75) is 63.4 Å². The Morgan fingerprint density at radius 2 is 1.53 bits per heavy atom. The number of carbonyl (C=O) groups is 2. The Kier molecular flexibility index (Phi) is 6.63. The van der Waals surface area contributed by atoms with Gasteiger partial charge >= 0.3 is 24.3 Å². The maximum Gasteiger partial charge on any atom is 0.411 e. The molecule has 4 aliphatic rings. The molecule has 0 radical (unpaired) electrons. The lowest BCUT2D eigenvalue weighted by molar-refractivity contribution is -0.282. The van der Waals surface area contributed by atoms with Crippen LogP contribution in [0.4, 0.5) is 26.3 Å². The third-order valence-corrected chi connectivity index (χ3v) is 6.61. The number of hydrogen-bond donors (Lipinski definition) is 0. The number of ether oxygens (including phenoxy) is 3. The Morgan fingerprint density at radius 3 is 2.03 bits per heavy atom. The van der Waals surface area contributed by atoms with Gasteiger partial charge in [0, 0.05) is 11.0 Å². The summed E-state index contributed by atoms with van der Waals surface area (Å²) in [6.07, 6.45) is -6.85. The first-order valence-electron chi connectivity index (χ1n) is 10.4. The highest BCUT2D eigenvalue weighted by atomic mass is 19.4. The highest BCUT2D eigenvalue weighted by Gasteiger charge is 2.62. The molecule has 0 saturated heterocycles. The number of hydrogen-bond acceptors (Lipinski definition) is 5. The van der Waals surface area contributed by atoms with Crippen LogP contribution in [0.2, 0.25) is 0 Å². The summed E-state index contributed by atoms with van der Waals surface area (Å²) in [7, 11) is 0. The van der Waals surface area contributed by atoms with Crippen LogP contribution in [0.25, 0.3) is 0 Å². The molecule has 11 heteroatoms. The quantitative estimate of drug-likeness (QED) is 0.221. The van der Waals surface area contributed by atoms with Crippen molar-refractivity contribution in [2.24, 2.45) is 23.2 Å². The van der Waals surface area contributed by atoms with Gasteiger partial charge in [-0.15, -0.1) is 0 Å². The summed E-state index contributed by atoms with van der Waals surface area (Å²) in [6, 6.07) is 0. The molecule has 4 fully saturated rings. The van der Waals surface area contributed by atoms with Crippen molar-refractivity contribution in [1.82, 2.24) is 0 Å². The molecule has 2 unspecified atom stereocenters. The van der Waals surface area contributed by atoms with Crippen molar-refractivity contribution in [3.8, 4) is 0 Å². The second-order valence-corrected chi connectivity index (χ2v) is 9.53. The molecular weight excluding hydrogens is 446 g/mol. The minimum absolute atomic E-state index is 0.213. The lowest BCUT2D eigenvalue weighted by Gasteiger charge is -2.61. The molecule has 0 spiro atoms. The molecule has 4 aliphatic carbocycles. The van der Waals surface area contributed by atoms with Crippen molar-refractivity contribution in [3.63, 3.8) is 0 Å². The van der Waals surface area contributed by atoms with Crippen molar-refractivity contribution in [2.75, 3.05) is 19.8 Å². The lowest BCUT2D eigenvalue weighted by Crippen LogP contribution is -2.58. The standard InChI is InChI=1S/C21H26F6O5/c1-12(2)16(28)31-11-18-6-13-5-14(7-18)9-19(8-13,10-18)32-4-3-30-17(29)15(20(22,23)24)21(25,26)27/h13-15H,1,3-11H2,2H3. The summed E-state index contributed by atoms with van der Waals surface area (Å²) in [4.78, 5) is 23.3. The topological polar surface area (TPSA) is 61.8 Å². The van der Waals surface area contributed by atoms with E-state index in [9.17, 15) is 35.9 Å². The summed E-state index contributed by atoms with van der Waals surface area (Å²) in [5, 5.41) is 0. The van der Waals surface area contributed by atoms with Gasteiger partial charge < -0.3 is 14.2 Å². The normalized spacial score (nSPS) is 31.6. The average molecular weight is 472 g/mol. The molecule has 32 heavy (non-hydrogen) atoms. The van der Waals surface area contributed by atoms with E-state index in [2.05, 4.69) is 11.3 Å². The van der Waals surface area contributed by atoms with E-state index >= 15 is 0 Å². The second kappa shape index (κ2) is 8.53. The highest BCUT2D eigenvalue weighted by molar-refractivity contribution is 5.86. The van der Waals surface area contributed by atoms with Crippen molar-refractivity contribution < 1.29 is 50.1 Å². The van der Waals surface area contributed by atoms with E-state index in [4.69, 9.17) is 9.47 Å².